The molecule has 34 heavy (non-hydrogen) atoms. The molecular formula is C27H26N4O3. The number of rotatable bonds is 3. The summed E-state index contributed by atoms with van der Waals surface area (Å²) < 4.78 is 5.57. The van der Waals surface area contributed by atoms with Crippen LogP contribution >= 0.6 is 0 Å². The number of allylic oxidation sites excluding steroid dienone is 2. The van der Waals surface area contributed by atoms with Crippen molar-refractivity contribution in [3.63, 3.8) is 0 Å². The van der Waals surface area contributed by atoms with Gasteiger partial charge in [0.25, 0.3) is 11.5 Å². The predicted molar refractivity (Wildman–Crippen MR) is 132 cm³/mol. The van der Waals surface area contributed by atoms with Gasteiger partial charge in [0.2, 0.25) is 5.88 Å². The maximum absolute atomic E-state index is 13.5. The van der Waals surface area contributed by atoms with E-state index in [2.05, 4.69) is 10.3 Å². The first-order chi connectivity index (χ1) is 16.1. The van der Waals surface area contributed by atoms with Crippen LogP contribution in [0.25, 0.3) is 10.9 Å². The SMILES string of the molecule is CC1=C(C(=O)Nc2ccc(C)cc2C)C(c2cc3cc(C)c(C)cc3[nH]c2=O)C(C#N)=C(N)O1. The van der Waals surface area contributed by atoms with Gasteiger partial charge in [0.15, 0.2) is 0 Å². The summed E-state index contributed by atoms with van der Waals surface area (Å²) in [4.78, 5) is 29.6. The predicted octanol–water partition coefficient (Wildman–Crippen LogP) is 4.48. The van der Waals surface area contributed by atoms with E-state index in [0.29, 0.717) is 11.2 Å². The summed E-state index contributed by atoms with van der Waals surface area (Å²) in [6.45, 7) is 9.43. The smallest absolute Gasteiger partial charge is 0.256 e. The van der Waals surface area contributed by atoms with Gasteiger partial charge >= 0.3 is 0 Å². The Kier molecular flexibility index (Phi) is 5.76. The molecule has 172 valence electrons. The van der Waals surface area contributed by atoms with Crippen LogP contribution in [0.15, 0.2) is 64.0 Å². The molecule has 3 aromatic rings. The van der Waals surface area contributed by atoms with E-state index in [1.54, 1.807) is 13.0 Å². The Morgan fingerprint density at radius 1 is 1.06 bits per heavy atom. The van der Waals surface area contributed by atoms with Gasteiger partial charge in [-0.3, -0.25) is 9.59 Å². The lowest BCUT2D eigenvalue weighted by Gasteiger charge is -2.27. The molecule has 0 radical (unpaired) electrons. The van der Waals surface area contributed by atoms with Crippen LogP contribution < -0.4 is 16.6 Å². The van der Waals surface area contributed by atoms with Gasteiger partial charge in [0.1, 0.15) is 17.4 Å². The maximum atomic E-state index is 13.5. The Labute approximate surface area is 197 Å². The first kappa shape index (κ1) is 22.9. The van der Waals surface area contributed by atoms with Crippen LogP contribution in [-0.2, 0) is 9.53 Å². The highest BCUT2D eigenvalue weighted by atomic mass is 16.5. The third-order valence-corrected chi connectivity index (χ3v) is 6.28. The molecule has 0 aliphatic carbocycles. The third-order valence-electron chi connectivity index (χ3n) is 6.28. The summed E-state index contributed by atoms with van der Waals surface area (Å²) in [7, 11) is 0. The average molecular weight is 455 g/mol. The number of hydrogen-bond donors (Lipinski definition) is 3. The molecule has 1 aliphatic heterocycles. The largest absolute Gasteiger partial charge is 0.445 e. The minimum absolute atomic E-state index is 0.0186. The van der Waals surface area contributed by atoms with Gasteiger partial charge in [-0.1, -0.05) is 17.7 Å². The zero-order chi connectivity index (χ0) is 24.7. The zero-order valence-electron chi connectivity index (χ0n) is 19.8. The van der Waals surface area contributed by atoms with Crippen molar-refractivity contribution in [2.24, 2.45) is 5.73 Å². The number of anilines is 1. The number of carbonyl (C=O) groups excluding carboxylic acids is 1. The van der Waals surface area contributed by atoms with E-state index >= 15 is 0 Å². The fourth-order valence-corrected chi connectivity index (χ4v) is 4.34. The van der Waals surface area contributed by atoms with Gasteiger partial charge in [0.05, 0.1) is 11.5 Å². The molecule has 1 aliphatic rings. The van der Waals surface area contributed by atoms with Crippen molar-refractivity contribution >= 4 is 22.5 Å². The number of amides is 1. The second-order valence-electron chi connectivity index (χ2n) is 8.74. The highest BCUT2D eigenvalue weighted by molar-refractivity contribution is 6.06. The van der Waals surface area contributed by atoms with Crippen molar-refractivity contribution < 1.29 is 9.53 Å². The highest BCUT2D eigenvalue weighted by Gasteiger charge is 2.37. The number of aryl methyl sites for hydroxylation is 4. The third kappa shape index (κ3) is 3.95. The van der Waals surface area contributed by atoms with E-state index in [9.17, 15) is 14.9 Å². The average Bonchev–Trinajstić information content (AvgIpc) is 2.76. The molecule has 2 heterocycles. The van der Waals surface area contributed by atoms with Crippen LogP contribution in [0.5, 0.6) is 0 Å². The normalized spacial score (nSPS) is 15.8. The summed E-state index contributed by atoms with van der Waals surface area (Å²) in [6.07, 6.45) is 0. The Bertz CT molecular complexity index is 1520. The van der Waals surface area contributed by atoms with Crippen molar-refractivity contribution in [1.29, 1.82) is 5.26 Å². The lowest BCUT2D eigenvalue weighted by Crippen LogP contribution is -2.31. The molecule has 0 spiro atoms. The number of aromatic nitrogens is 1. The molecule has 4 rings (SSSR count). The van der Waals surface area contributed by atoms with E-state index in [0.717, 1.165) is 27.6 Å². The van der Waals surface area contributed by atoms with Crippen LogP contribution in [0, 0.1) is 39.0 Å². The standard InChI is InChI=1S/C27H26N4O3/c1-13-6-7-21(16(4)8-13)30-27(33)23-17(5)34-25(29)20(12-28)24(23)19-11-18-9-14(2)15(3)10-22(18)31-26(19)32/h6-11,24H,29H2,1-5H3,(H,30,33)(H,31,32). The molecule has 7 heteroatoms. The molecule has 0 fully saturated rings. The van der Waals surface area contributed by atoms with Crippen LogP contribution in [-0.4, -0.2) is 10.9 Å². The number of nitrogens with two attached hydrogens (primary N) is 1. The van der Waals surface area contributed by atoms with Crippen LogP contribution in [0.2, 0.25) is 0 Å². The van der Waals surface area contributed by atoms with Crippen molar-refractivity contribution in [3.05, 3.63) is 97.4 Å². The maximum Gasteiger partial charge on any atom is 0.256 e. The first-order valence-electron chi connectivity index (χ1n) is 10.9. The minimum Gasteiger partial charge on any atom is -0.445 e. The van der Waals surface area contributed by atoms with Crippen molar-refractivity contribution in [2.75, 3.05) is 5.32 Å². The van der Waals surface area contributed by atoms with Gasteiger partial charge in [-0.05, 0) is 81.0 Å². The fourth-order valence-electron chi connectivity index (χ4n) is 4.34. The lowest BCUT2D eigenvalue weighted by atomic mass is 9.82. The van der Waals surface area contributed by atoms with Crippen molar-refractivity contribution in [1.82, 2.24) is 4.98 Å². The summed E-state index contributed by atoms with van der Waals surface area (Å²) in [5.41, 5.74) is 11.5. The van der Waals surface area contributed by atoms with Crippen LogP contribution in [0.4, 0.5) is 5.69 Å². The number of pyridine rings is 1. The molecular weight excluding hydrogens is 428 g/mol. The summed E-state index contributed by atoms with van der Waals surface area (Å²) in [6, 6.07) is 13.3. The van der Waals surface area contributed by atoms with Gasteiger partial charge in [-0.15, -0.1) is 0 Å². The molecule has 4 N–H and O–H groups in total. The number of carbonyl (C=O) groups is 1. The van der Waals surface area contributed by atoms with E-state index in [4.69, 9.17) is 10.5 Å². The number of nitriles is 1. The molecule has 0 bridgehead atoms. The fraction of sp³-hybridized carbons (Fsp3) is 0.222. The lowest BCUT2D eigenvalue weighted by molar-refractivity contribution is -0.113. The van der Waals surface area contributed by atoms with E-state index in [1.807, 2.05) is 64.1 Å². The Morgan fingerprint density at radius 2 is 1.76 bits per heavy atom. The van der Waals surface area contributed by atoms with E-state index in [1.165, 1.54) is 0 Å². The number of ether oxygens (including phenoxy) is 1. The highest BCUT2D eigenvalue weighted by Crippen LogP contribution is 2.39. The van der Waals surface area contributed by atoms with Gasteiger partial charge < -0.3 is 20.8 Å². The summed E-state index contributed by atoms with van der Waals surface area (Å²) >= 11 is 0. The van der Waals surface area contributed by atoms with Gasteiger partial charge in [-0.25, -0.2) is 0 Å². The monoisotopic (exact) mass is 454 g/mol. The second-order valence-corrected chi connectivity index (χ2v) is 8.74. The van der Waals surface area contributed by atoms with Crippen LogP contribution in [0.1, 0.15) is 40.7 Å². The topological polar surface area (TPSA) is 121 Å². The van der Waals surface area contributed by atoms with Crippen molar-refractivity contribution in [2.45, 2.75) is 40.5 Å². The Morgan fingerprint density at radius 3 is 2.44 bits per heavy atom. The van der Waals surface area contributed by atoms with Crippen LogP contribution in [0.3, 0.4) is 0 Å². The molecule has 7 nitrogen and oxygen atoms in total. The molecule has 0 saturated carbocycles. The minimum atomic E-state index is -0.973. The number of hydrogen-bond acceptors (Lipinski definition) is 5. The number of nitrogens with one attached hydrogen (secondary N) is 2. The Hall–Kier alpha value is -4.31. The molecule has 1 amide bonds. The van der Waals surface area contributed by atoms with E-state index < -0.39 is 17.4 Å². The zero-order valence-corrected chi connectivity index (χ0v) is 19.8. The number of aromatic amines is 1. The molecule has 1 aromatic heterocycles. The molecule has 0 saturated heterocycles. The Balaban J connectivity index is 1.88. The second kappa shape index (κ2) is 8.56. The molecule has 1 atom stereocenters. The van der Waals surface area contributed by atoms with Gasteiger partial charge in [-0.2, -0.15) is 5.26 Å². The van der Waals surface area contributed by atoms with Crippen molar-refractivity contribution in [3.8, 4) is 6.07 Å². The molecule has 2 aromatic carbocycles. The summed E-state index contributed by atoms with van der Waals surface area (Å²) in [5, 5.41) is 13.6. The molecule has 1 unspecified atom stereocenters. The van der Waals surface area contributed by atoms with E-state index in [-0.39, 0.29) is 28.4 Å². The number of H-pyrrole nitrogens is 1. The quantitative estimate of drug-likeness (QED) is 0.539. The number of benzene rings is 2. The number of fused-ring (bicyclic) bond motifs is 1. The summed E-state index contributed by atoms with van der Waals surface area (Å²) in [5.74, 6) is -1.32. The van der Waals surface area contributed by atoms with Gasteiger partial charge in [0, 0.05) is 16.8 Å². The number of nitrogens with zero attached hydrogens (tertiary/aromatic N) is 1. The first-order valence-corrected chi connectivity index (χ1v) is 10.9.